The maximum Gasteiger partial charge on any atom is 0.239 e. The Morgan fingerprint density at radius 2 is 2.12 bits per heavy atom. The molecule has 16 heavy (non-hydrogen) atoms. The number of nitrogens with zero attached hydrogens (tertiary/aromatic N) is 2. The highest BCUT2D eigenvalue weighted by atomic mass is 16.2. The smallest absolute Gasteiger partial charge is 0.239 e. The van der Waals surface area contributed by atoms with Gasteiger partial charge in [0, 0.05) is 20.1 Å². The highest BCUT2D eigenvalue weighted by molar-refractivity contribution is 5.81. The van der Waals surface area contributed by atoms with Gasteiger partial charge in [-0.05, 0) is 45.3 Å². The molecule has 0 aromatic heterocycles. The van der Waals surface area contributed by atoms with Crippen LogP contribution in [0.1, 0.15) is 25.7 Å². The SMILES string of the molecule is CN(CCN1CCCC1)C(=O)[C@H]1CCCN1. The Balaban J connectivity index is 1.69. The number of hydrogen-bond donors (Lipinski definition) is 1. The number of rotatable bonds is 4. The minimum Gasteiger partial charge on any atom is -0.343 e. The van der Waals surface area contributed by atoms with E-state index in [2.05, 4.69) is 10.2 Å². The third kappa shape index (κ3) is 2.95. The van der Waals surface area contributed by atoms with Gasteiger partial charge in [-0.2, -0.15) is 0 Å². The van der Waals surface area contributed by atoms with Gasteiger partial charge in [0.05, 0.1) is 6.04 Å². The van der Waals surface area contributed by atoms with E-state index in [4.69, 9.17) is 0 Å². The number of likely N-dealkylation sites (N-methyl/N-ethyl adjacent to an activating group) is 1. The van der Waals surface area contributed by atoms with Crippen LogP contribution in [0.2, 0.25) is 0 Å². The third-order valence-corrected chi connectivity index (χ3v) is 3.68. The van der Waals surface area contributed by atoms with E-state index in [-0.39, 0.29) is 11.9 Å². The first-order valence-corrected chi connectivity index (χ1v) is 6.48. The van der Waals surface area contributed by atoms with Crippen molar-refractivity contribution >= 4 is 5.91 Å². The van der Waals surface area contributed by atoms with Crippen LogP contribution in [0.4, 0.5) is 0 Å². The van der Waals surface area contributed by atoms with Gasteiger partial charge in [0.15, 0.2) is 0 Å². The molecule has 92 valence electrons. The van der Waals surface area contributed by atoms with Gasteiger partial charge >= 0.3 is 0 Å². The summed E-state index contributed by atoms with van der Waals surface area (Å²) in [7, 11) is 1.93. The van der Waals surface area contributed by atoms with E-state index in [1.54, 1.807) is 0 Å². The molecule has 0 unspecified atom stereocenters. The standard InChI is InChI=1S/C12H23N3O/c1-14(9-10-15-7-2-3-8-15)12(16)11-5-4-6-13-11/h11,13H,2-10H2,1H3/t11-/m1/s1. The summed E-state index contributed by atoms with van der Waals surface area (Å²) in [6, 6.07) is 0.0866. The van der Waals surface area contributed by atoms with Gasteiger partial charge in [0.25, 0.3) is 0 Å². The van der Waals surface area contributed by atoms with Gasteiger partial charge in [-0.25, -0.2) is 0 Å². The van der Waals surface area contributed by atoms with Gasteiger partial charge in [-0.1, -0.05) is 0 Å². The summed E-state index contributed by atoms with van der Waals surface area (Å²) in [6.07, 6.45) is 4.78. The van der Waals surface area contributed by atoms with E-state index < -0.39 is 0 Å². The van der Waals surface area contributed by atoms with Crippen molar-refractivity contribution in [2.24, 2.45) is 0 Å². The summed E-state index contributed by atoms with van der Waals surface area (Å²) in [5.41, 5.74) is 0. The normalized spacial score (nSPS) is 26.2. The Hall–Kier alpha value is -0.610. The second-order valence-corrected chi connectivity index (χ2v) is 4.96. The zero-order valence-electron chi connectivity index (χ0n) is 10.2. The van der Waals surface area contributed by atoms with Gasteiger partial charge in [-0.15, -0.1) is 0 Å². The van der Waals surface area contributed by atoms with Crippen LogP contribution in [-0.4, -0.2) is 61.5 Å². The van der Waals surface area contributed by atoms with Gasteiger partial charge in [0.2, 0.25) is 5.91 Å². The van der Waals surface area contributed by atoms with Crippen molar-refractivity contribution in [3.63, 3.8) is 0 Å². The Kier molecular flexibility index (Phi) is 4.18. The maximum absolute atomic E-state index is 12.0. The second kappa shape index (κ2) is 5.64. The summed E-state index contributed by atoms with van der Waals surface area (Å²) in [6.45, 7) is 5.33. The number of likely N-dealkylation sites (tertiary alicyclic amines) is 1. The molecule has 0 radical (unpaired) electrons. The Bertz CT molecular complexity index is 232. The lowest BCUT2D eigenvalue weighted by atomic mass is 10.2. The van der Waals surface area contributed by atoms with E-state index in [9.17, 15) is 4.79 Å². The van der Waals surface area contributed by atoms with Crippen molar-refractivity contribution in [3.05, 3.63) is 0 Å². The largest absolute Gasteiger partial charge is 0.343 e. The zero-order valence-corrected chi connectivity index (χ0v) is 10.2. The predicted molar refractivity (Wildman–Crippen MR) is 64.3 cm³/mol. The predicted octanol–water partition coefficient (Wildman–Crippen LogP) is 0.293. The number of amides is 1. The summed E-state index contributed by atoms with van der Waals surface area (Å²) in [4.78, 5) is 16.3. The molecule has 2 saturated heterocycles. The van der Waals surface area contributed by atoms with E-state index in [1.807, 2.05) is 11.9 Å². The lowest BCUT2D eigenvalue weighted by Gasteiger charge is -2.24. The van der Waals surface area contributed by atoms with Gasteiger partial charge < -0.3 is 15.1 Å². The van der Waals surface area contributed by atoms with Crippen molar-refractivity contribution in [3.8, 4) is 0 Å². The zero-order chi connectivity index (χ0) is 11.4. The van der Waals surface area contributed by atoms with Gasteiger partial charge in [0.1, 0.15) is 0 Å². The summed E-state index contributed by atoms with van der Waals surface area (Å²) < 4.78 is 0. The molecular weight excluding hydrogens is 202 g/mol. The minimum absolute atomic E-state index is 0.0866. The van der Waals surface area contributed by atoms with Crippen molar-refractivity contribution in [1.82, 2.24) is 15.1 Å². The summed E-state index contributed by atoms with van der Waals surface area (Å²) >= 11 is 0. The molecule has 0 saturated carbocycles. The van der Waals surface area contributed by atoms with E-state index in [0.717, 1.165) is 32.5 Å². The molecule has 4 heteroatoms. The lowest BCUT2D eigenvalue weighted by molar-refractivity contribution is -0.131. The highest BCUT2D eigenvalue weighted by Gasteiger charge is 2.25. The third-order valence-electron chi connectivity index (χ3n) is 3.68. The van der Waals surface area contributed by atoms with Crippen LogP contribution in [0, 0.1) is 0 Å². The van der Waals surface area contributed by atoms with E-state index >= 15 is 0 Å². The fourth-order valence-electron chi connectivity index (χ4n) is 2.57. The number of carbonyl (C=O) groups is 1. The second-order valence-electron chi connectivity index (χ2n) is 4.96. The minimum atomic E-state index is 0.0866. The Morgan fingerprint density at radius 1 is 1.38 bits per heavy atom. The molecule has 1 N–H and O–H groups in total. The van der Waals surface area contributed by atoms with Crippen LogP contribution < -0.4 is 5.32 Å². The highest BCUT2D eigenvalue weighted by Crippen LogP contribution is 2.09. The molecule has 1 atom stereocenters. The monoisotopic (exact) mass is 225 g/mol. The molecule has 0 aromatic rings. The van der Waals surface area contributed by atoms with Crippen molar-refractivity contribution < 1.29 is 4.79 Å². The maximum atomic E-state index is 12.0. The van der Waals surface area contributed by atoms with Crippen molar-refractivity contribution in [1.29, 1.82) is 0 Å². The van der Waals surface area contributed by atoms with Crippen LogP contribution in [0.25, 0.3) is 0 Å². The summed E-state index contributed by atoms with van der Waals surface area (Å²) in [5.74, 6) is 0.275. The molecule has 0 spiro atoms. The average Bonchev–Trinajstić information content (AvgIpc) is 2.96. The van der Waals surface area contributed by atoms with E-state index in [1.165, 1.54) is 25.9 Å². The van der Waals surface area contributed by atoms with Crippen LogP contribution >= 0.6 is 0 Å². The van der Waals surface area contributed by atoms with Crippen LogP contribution in [0.15, 0.2) is 0 Å². The molecule has 1 amide bonds. The van der Waals surface area contributed by atoms with Crippen LogP contribution in [0.3, 0.4) is 0 Å². The molecule has 2 heterocycles. The molecule has 0 bridgehead atoms. The molecular formula is C12H23N3O. The fourth-order valence-corrected chi connectivity index (χ4v) is 2.57. The molecule has 2 fully saturated rings. The van der Waals surface area contributed by atoms with Crippen LogP contribution in [-0.2, 0) is 4.79 Å². The molecule has 4 nitrogen and oxygen atoms in total. The number of hydrogen-bond acceptors (Lipinski definition) is 3. The Labute approximate surface area is 98.0 Å². The molecule has 0 aliphatic carbocycles. The first-order valence-electron chi connectivity index (χ1n) is 6.48. The first-order chi connectivity index (χ1) is 7.77. The molecule has 0 aromatic carbocycles. The first kappa shape index (κ1) is 11.9. The quantitative estimate of drug-likeness (QED) is 0.747. The van der Waals surface area contributed by atoms with E-state index in [0.29, 0.717) is 0 Å². The number of carbonyl (C=O) groups excluding carboxylic acids is 1. The van der Waals surface area contributed by atoms with Crippen molar-refractivity contribution in [2.75, 3.05) is 39.8 Å². The Morgan fingerprint density at radius 3 is 2.75 bits per heavy atom. The topological polar surface area (TPSA) is 35.6 Å². The van der Waals surface area contributed by atoms with Gasteiger partial charge in [-0.3, -0.25) is 4.79 Å². The van der Waals surface area contributed by atoms with Crippen LogP contribution in [0.5, 0.6) is 0 Å². The van der Waals surface area contributed by atoms with Crippen molar-refractivity contribution in [2.45, 2.75) is 31.7 Å². The molecule has 2 rings (SSSR count). The fraction of sp³-hybridized carbons (Fsp3) is 0.917. The molecule has 2 aliphatic heterocycles. The lowest BCUT2D eigenvalue weighted by Crippen LogP contribution is -2.44. The number of nitrogens with one attached hydrogen (secondary N) is 1. The average molecular weight is 225 g/mol. The summed E-state index contributed by atoms with van der Waals surface area (Å²) in [5, 5.41) is 3.26. The molecule has 2 aliphatic rings.